The molecule has 4 rings (SSSR count). The molecule has 1 N–H and O–H groups in total. The zero-order chi connectivity index (χ0) is 19.3. The minimum Gasteiger partial charge on any atom is -0.350 e. The Bertz CT molecular complexity index is 1000. The first-order valence-corrected chi connectivity index (χ1v) is 10.8. The van der Waals surface area contributed by atoms with Gasteiger partial charge in [0.2, 0.25) is 5.91 Å². The molecule has 0 spiro atoms. The SMILES string of the molecule is Cc1nc(-c2cccs2)sc1CNC(=O)C(c1ccccc1)c1ccccc1. The number of aryl methyl sites for hydroxylation is 1. The summed E-state index contributed by atoms with van der Waals surface area (Å²) < 4.78 is 0. The van der Waals surface area contributed by atoms with E-state index in [9.17, 15) is 4.79 Å². The Hall–Kier alpha value is -2.76. The predicted molar refractivity (Wildman–Crippen MR) is 117 cm³/mol. The van der Waals surface area contributed by atoms with E-state index < -0.39 is 0 Å². The Balaban J connectivity index is 1.54. The largest absolute Gasteiger partial charge is 0.350 e. The van der Waals surface area contributed by atoms with Crippen molar-refractivity contribution in [3.05, 3.63) is 99.9 Å². The van der Waals surface area contributed by atoms with Crippen LogP contribution in [0.15, 0.2) is 78.2 Å². The van der Waals surface area contributed by atoms with Crippen molar-refractivity contribution < 1.29 is 4.79 Å². The van der Waals surface area contributed by atoms with Gasteiger partial charge in [0.15, 0.2) is 0 Å². The lowest BCUT2D eigenvalue weighted by Crippen LogP contribution is -2.29. The van der Waals surface area contributed by atoms with Gasteiger partial charge >= 0.3 is 0 Å². The number of nitrogens with one attached hydrogen (secondary N) is 1. The molecule has 2 heterocycles. The van der Waals surface area contributed by atoms with Crippen LogP contribution in [0.25, 0.3) is 9.88 Å². The second-order valence-corrected chi connectivity index (χ2v) is 8.51. The van der Waals surface area contributed by atoms with Gasteiger partial charge in [0.05, 0.1) is 23.0 Å². The second-order valence-electron chi connectivity index (χ2n) is 6.48. The lowest BCUT2D eigenvalue weighted by atomic mass is 9.90. The van der Waals surface area contributed by atoms with Gasteiger partial charge in [0.1, 0.15) is 5.01 Å². The summed E-state index contributed by atoms with van der Waals surface area (Å²) in [5.74, 6) is -0.324. The maximum atomic E-state index is 13.1. The Morgan fingerprint density at radius 3 is 2.18 bits per heavy atom. The third-order valence-corrected chi connectivity index (χ3v) is 6.77. The summed E-state index contributed by atoms with van der Waals surface area (Å²) in [7, 11) is 0. The van der Waals surface area contributed by atoms with Crippen LogP contribution in [-0.4, -0.2) is 10.9 Å². The molecule has 3 nitrogen and oxygen atoms in total. The van der Waals surface area contributed by atoms with E-state index in [0.29, 0.717) is 6.54 Å². The van der Waals surface area contributed by atoms with E-state index in [-0.39, 0.29) is 11.8 Å². The standard InChI is InChI=1S/C23H20N2OS2/c1-16-20(28-23(25-16)19-13-8-14-27-19)15-24-22(26)21(17-9-4-2-5-10-17)18-11-6-3-7-12-18/h2-14,21H,15H2,1H3,(H,24,26). The molecule has 0 aliphatic heterocycles. The van der Waals surface area contributed by atoms with Crippen molar-refractivity contribution in [1.82, 2.24) is 10.3 Å². The van der Waals surface area contributed by atoms with Gasteiger partial charge in [-0.25, -0.2) is 4.98 Å². The molecular formula is C23H20N2OS2. The van der Waals surface area contributed by atoms with Crippen LogP contribution in [0.2, 0.25) is 0 Å². The number of thiophene rings is 1. The van der Waals surface area contributed by atoms with Gasteiger partial charge in [0, 0.05) is 4.88 Å². The van der Waals surface area contributed by atoms with Crippen molar-refractivity contribution >= 4 is 28.6 Å². The van der Waals surface area contributed by atoms with Gasteiger partial charge in [-0.15, -0.1) is 22.7 Å². The van der Waals surface area contributed by atoms with Gasteiger partial charge in [-0.3, -0.25) is 4.79 Å². The number of hydrogen-bond donors (Lipinski definition) is 1. The van der Waals surface area contributed by atoms with Crippen molar-refractivity contribution in [3.63, 3.8) is 0 Å². The van der Waals surface area contributed by atoms with Crippen LogP contribution in [0.1, 0.15) is 27.6 Å². The van der Waals surface area contributed by atoms with Crippen molar-refractivity contribution in [2.24, 2.45) is 0 Å². The van der Waals surface area contributed by atoms with E-state index in [4.69, 9.17) is 0 Å². The van der Waals surface area contributed by atoms with Crippen LogP contribution >= 0.6 is 22.7 Å². The Morgan fingerprint density at radius 2 is 1.61 bits per heavy atom. The molecule has 2 aromatic heterocycles. The molecule has 0 atom stereocenters. The molecule has 0 saturated heterocycles. The Labute approximate surface area is 172 Å². The lowest BCUT2D eigenvalue weighted by Gasteiger charge is -2.17. The fraction of sp³-hybridized carbons (Fsp3) is 0.130. The molecule has 28 heavy (non-hydrogen) atoms. The number of hydrogen-bond acceptors (Lipinski definition) is 4. The van der Waals surface area contributed by atoms with E-state index in [1.165, 1.54) is 0 Å². The average molecular weight is 405 g/mol. The predicted octanol–water partition coefficient (Wildman–Crippen LogP) is 5.63. The zero-order valence-corrected chi connectivity index (χ0v) is 17.1. The van der Waals surface area contributed by atoms with Crippen LogP contribution in [0.3, 0.4) is 0 Å². The summed E-state index contributed by atoms with van der Waals surface area (Å²) in [4.78, 5) is 20.1. The number of carbonyl (C=O) groups excluding carboxylic acids is 1. The highest BCUT2D eigenvalue weighted by Gasteiger charge is 2.22. The van der Waals surface area contributed by atoms with Gasteiger partial charge in [0.25, 0.3) is 0 Å². The number of carbonyl (C=O) groups is 1. The minimum atomic E-state index is -0.326. The highest BCUT2D eigenvalue weighted by molar-refractivity contribution is 7.21. The maximum Gasteiger partial charge on any atom is 0.232 e. The fourth-order valence-electron chi connectivity index (χ4n) is 3.15. The fourth-order valence-corrected chi connectivity index (χ4v) is 4.95. The number of amides is 1. The van der Waals surface area contributed by atoms with Crippen molar-refractivity contribution in [1.29, 1.82) is 0 Å². The third-order valence-electron chi connectivity index (χ3n) is 4.58. The monoisotopic (exact) mass is 404 g/mol. The van der Waals surface area contributed by atoms with Crippen molar-refractivity contribution in [3.8, 4) is 9.88 Å². The zero-order valence-electron chi connectivity index (χ0n) is 15.5. The molecule has 1 amide bonds. The van der Waals surface area contributed by atoms with E-state index in [1.54, 1.807) is 22.7 Å². The first kappa shape index (κ1) is 18.6. The maximum absolute atomic E-state index is 13.1. The molecular weight excluding hydrogens is 384 g/mol. The van der Waals surface area contributed by atoms with E-state index >= 15 is 0 Å². The lowest BCUT2D eigenvalue weighted by molar-refractivity contribution is -0.121. The van der Waals surface area contributed by atoms with Crippen molar-refractivity contribution in [2.45, 2.75) is 19.4 Å². The van der Waals surface area contributed by atoms with Gasteiger partial charge < -0.3 is 5.32 Å². The summed E-state index contributed by atoms with van der Waals surface area (Å²) >= 11 is 3.33. The summed E-state index contributed by atoms with van der Waals surface area (Å²) in [6.45, 7) is 2.49. The van der Waals surface area contributed by atoms with Crippen LogP contribution in [-0.2, 0) is 11.3 Å². The molecule has 0 unspecified atom stereocenters. The average Bonchev–Trinajstić information content (AvgIpc) is 3.38. The van der Waals surface area contributed by atoms with Crippen LogP contribution in [0.4, 0.5) is 0 Å². The smallest absolute Gasteiger partial charge is 0.232 e. The molecule has 140 valence electrons. The summed E-state index contributed by atoms with van der Waals surface area (Å²) in [5.41, 5.74) is 2.96. The summed E-state index contributed by atoms with van der Waals surface area (Å²) in [5, 5.41) is 6.20. The highest BCUT2D eigenvalue weighted by Crippen LogP contribution is 2.31. The summed E-state index contributed by atoms with van der Waals surface area (Å²) in [6.07, 6.45) is 0. The number of benzene rings is 2. The first-order chi connectivity index (χ1) is 13.7. The van der Waals surface area contributed by atoms with E-state index in [1.807, 2.05) is 73.7 Å². The second kappa shape index (κ2) is 8.50. The van der Waals surface area contributed by atoms with Crippen molar-refractivity contribution in [2.75, 3.05) is 0 Å². The van der Waals surface area contributed by atoms with E-state index in [2.05, 4.69) is 21.7 Å². The third kappa shape index (κ3) is 4.06. The topological polar surface area (TPSA) is 42.0 Å². The Kier molecular flexibility index (Phi) is 5.65. The first-order valence-electron chi connectivity index (χ1n) is 9.10. The number of nitrogens with zero attached hydrogens (tertiary/aromatic N) is 1. The van der Waals surface area contributed by atoms with Gasteiger partial charge in [-0.1, -0.05) is 66.7 Å². The van der Waals surface area contributed by atoms with Crippen LogP contribution in [0.5, 0.6) is 0 Å². The molecule has 0 saturated carbocycles. The normalized spacial score (nSPS) is 10.9. The van der Waals surface area contributed by atoms with E-state index in [0.717, 1.165) is 31.6 Å². The molecule has 0 radical (unpaired) electrons. The molecule has 0 fully saturated rings. The molecule has 2 aromatic carbocycles. The van der Waals surface area contributed by atoms with Gasteiger partial charge in [-0.2, -0.15) is 0 Å². The molecule has 0 aliphatic carbocycles. The minimum absolute atomic E-state index is 0.00266. The number of rotatable bonds is 6. The van der Waals surface area contributed by atoms with Crippen LogP contribution < -0.4 is 5.32 Å². The van der Waals surface area contributed by atoms with Gasteiger partial charge in [-0.05, 0) is 29.5 Å². The quantitative estimate of drug-likeness (QED) is 0.453. The number of thiazole rings is 1. The molecule has 0 aliphatic rings. The highest BCUT2D eigenvalue weighted by atomic mass is 32.1. The Morgan fingerprint density at radius 1 is 0.964 bits per heavy atom. The molecule has 4 aromatic rings. The molecule has 0 bridgehead atoms. The number of aromatic nitrogens is 1. The molecule has 5 heteroatoms. The van der Waals surface area contributed by atoms with Crippen LogP contribution in [0, 0.1) is 6.92 Å². The summed E-state index contributed by atoms with van der Waals surface area (Å²) in [6, 6.07) is 23.9.